The van der Waals surface area contributed by atoms with E-state index in [1.54, 1.807) is 6.07 Å². The molecule has 0 aliphatic heterocycles. The molecule has 0 aromatic heterocycles. The molecule has 4 nitrogen and oxygen atoms in total. The van der Waals surface area contributed by atoms with Crippen LogP contribution in [0.1, 0.15) is 0 Å². The van der Waals surface area contributed by atoms with Crippen LogP contribution in [0.3, 0.4) is 0 Å². The number of nitrogens with one attached hydrogen (secondary N) is 1. The summed E-state index contributed by atoms with van der Waals surface area (Å²) in [7, 11) is 0. The van der Waals surface area contributed by atoms with Crippen LogP contribution >= 0.6 is 45.8 Å². The van der Waals surface area contributed by atoms with Gasteiger partial charge in [-0.15, -0.1) is 0 Å². The van der Waals surface area contributed by atoms with E-state index in [0.717, 1.165) is 9.78 Å². The Bertz CT molecular complexity index is 423. The van der Waals surface area contributed by atoms with Gasteiger partial charge >= 0.3 is 0 Å². The van der Waals surface area contributed by atoms with Gasteiger partial charge in [0.2, 0.25) is 0 Å². The minimum absolute atomic E-state index is 0.341. The van der Waals surface area contributed by atoms with E-state index in [9.17, 15) is 4.79 Å². The molecule has 0 heterocycles. The first kappa shape index (κ1) is 12.5. The molecular formula is C8H5Cl2IN2O2. The maximum atomic E-state index is 11.1. The molecule has 7 heteroatoms. The van der Waals surface area contributed by atoms with Crippen LogP contribution in [0.5, 0.6) is 0 Å². The monoisotopic (exact) mass is 358 g/mol. The van der Waals surface area contributed by atoms with E-state index in [4.69, 9.17) is 28.4 Å². The van der Waals surface area contributed by atoms with E-state index < -0.39 is 5.91 Å². The molecule has 1 amide bonds. The van der Waals surface area contributed by atoms with E-state index in [-0.39, 0.29) is 0 Å². The van der Waals surface area contributed by atoms with E-state index >= 15 is 0 Å². The largest absolute Gasteiger partial charge is 0.411 e. The highest BCUT2D eigenvalue weighted by Crippen LogP contribution is 2.29. The summed E-state index contributed by atoms with van der Waals surface area (Å²) in [6, 6.07) is 3.14. The molecule has 1 rings (SSSR count). The van der Waals surface area contributed by atoms with Crippen LogP contribution in [0.4, 0.5) is 5.69 Å². The van der Waals surface area contributed by atoms with Crippen molar-refractivity contribution >= 4 is 63.6 Å². The standard InChI is InChI=1S/C8H5Cl2IN2O2/c9-4-1-6(11)7(2-5(4)10)13-8(14)3-12-15/h1-3,15H,(H,13,14)/b12-3+. The van der Waals surface area contributed by atoms with Gasteiger partial charge in [-0.05, 0) is 34.7 Å². The van der Waals surface area contributed by atoms with Crippen molar-refractivity contribution < 1.29 is 10.0 Å². The van der Waals surface area contributed by atoms with Gasteiger partial charge in [-0.1, -0.05) is 28.4 Å². The first-order valence-corrected chi connectivity index (χ1v) is 5.51. The smallest absolute Gasteiger partial charge is 0.270 e. The summed E-state index contributed by atoms with van der Waals surface area (Å²) in [5.74, 6) is -0.547. The molecule has 80 valence electrons. The highest BCUT2D eigenvalue weighted by atomic mass is 127. The molecule has 0 saturated heterocycles. The molecule has 2 N–H and O–H groups in total. The van der Waals surface area contributed by atoms with E-state index in [0.29, 0.717) is 15.7 Å². The number of benzene rings is 1. The summed E-state index contributed by atoms with van der Waals surface area (Å²) in [6.45, 7) is 0. The molecule has 0 atom stereocenters. The lowest BCUT2D eigenvalue weighted by atomic mass is 10.3. The van der Waals surface area contributed by atoms with Gasteiger partial charge in [-0.2, -0.15) is 0 Å². The maximum absolute atomic E-state index is 11.1. The Kier molecular flexibility index (Phi) is 4.62. The van der Waals surface area contributed by atoms with Crippen LogP contribution in [0.2, 0.25) is 10.0 Å². The number of carbonyl (C=O) groups is 1. The summed E-state index contributed by atoms with van der Waals surface area (Å²) in [5.41, 5.74) is 0.509. The van der Waals surface area contributed by atoms with Gasteiger partial charge in [0.15, 0.2) is 0 Å². The highest BCUT2D eigenvalue weighted by molar-refractivity contribution is 14.1. The average Bonchev–Trinajstić information content (AvgIpc) is 2.14. The predicted octanol–water partition coefficient (Wildman–Crippen LogP) is 3.00. The molecule has 0 spiro atoms. The van der Waals surface area contributed by atoms with Gasteiger partial charge in [-0.25, -0.2) is 0 Å². The van der Waals surface area contributed by atoms with Crippen LogP contribution in [0, 0.1) is 3.57 Å². The van der Waals surface area contributed by atoms with E-state index in [1.807, 2.05) is 22.6 Å². The summed E-state index contributed by atoms with van der Waals surface area (Å²) >= 11 is 13.5. The van der Waals surface area contributed by atoms with E-state index in [2.05, 4.69) is 10.5 Å². The van der Waals surface area contributed by atoms with Crippen molar-refractivity contribution in [2.75, 3.05) is 5.32 Å². The Morgan fingerprint density at radius 3 is 2.67 bits per heavy atom. The maximum Gasteiger partial charge on any atom is 0.270 e. The second-order valence-electron chi connectivity index (χ2n) is 2.48. The third-order valence-corrected chi connectivity index (χ3v) is 3.06. The lowest BCUT2D eigenvalue weighted by molar-refractivity contribution is -0.110. The van der Waals surface area contributed by atoms with Crippen molar-refractivity contribution in [2.24, 2.45) is 5.16 Å². The lowest BCUT2D eigenvalue weighted by Crippen LogP contribution is -2.13. The van der Waals surface area contributed by atoms with Crippen molar-refractivity contribution in [1.82, 2.24) is 0 Å². The number of anilines is 1. The second kappa shape index (κ2) is 5.53. The first-order chi connectivity index (χ1) is 7.04. The topological polar surface area (TPSA) is 61.7 Å². The van der Waals surface area contributed by atoms with Gasteiger partial charge in [0, 0.05) is 3.57 Å². The van der Waals surface area contributed by atoms with E-state index in [1.165, 1.54) is 6.07 Å². The Morgan fingerprint density at radius 1 is 1.47 bits per heavy atom. The minimum atomic E-state index is -0.547. The van der Waals surface area contributed by atoms with Crippen molar-refractivity contribution in [3.63, 3.8) is 0 Å². The summed E-state index contributed by atoms with van der Waals surface area (Å²) in [5, 5.41) is 14.0. The number of hydrogen-bond acceptors (Lipinski definition) is 3. The van der Waals surface area contributed by atoms with Gasteiger partial charge in [0.25, 0.3) is 5.91 Å². The molecule has 0 bridgehead atoms. The predicted molar refractivity (Wildman–Crippen MR) is 68.1 cm³/mol. The van der Waals surface area contributed by atoms with Crippen molar-refractivity contribution in [2.45, 2.75) is 0 Å². The molecule has 0 aliphatic rings. The highest BCUT2D eigenvalue weighted by Gasteiger charge is 2.07. The zero-order chi connectivity index (χ0) is 11.4. The van der Waals surface area contributed by atoms with Gasteiger partial charge in [0.1, 0.15) is 6.21 Å². The number of oxime groups is 1. The Morgan fingerprint density at radius 2 is 2.07 bits per heavy atom. The number of hydrogen-bond donors (Lipinski definition) is 2. The molecule has 1 aromatic rings. The Balaban J connectivity index is 2.95. The van der Waals surface area contributed by atoms with Crippen molar-refractivity contribution in [3.05, 3.63) is 25.7 Å². The van der Waals surface area contributed by atoms with Crippen molar-refractivity contribution in [1.29, 1.82) is 0 Å². The molecule has 0 radical (unpaired) electrons. The molecule has 15 heavy (non-hydrogen) atoms. The average molecular weight is 359 g/mol. The number of nitrogens with zero attached hydrogens (tertiary/aromatic N) is 1. The molecule has 0 unspecified atom stereocenters. The van der Waals surface area contributed by atoms with Crippen LogP contribution < -0.4 is 5.32 Å². The third kappa shape index (κ3) is 3.51. The summed E-state index contributed by atoms with van der Waals surface area (Å²) in [6.07, 6.45) is 0.749. The zero-order valence-electron chi connectivity index (χ0n) is 7.17. The second-order valence-corrected chi connectivity index (χ2v) is 4.46. The Labute approximate surface area is 109 Å². The summed E-state index contributed by atoms with van der Waals surface area (Å²) < 4.78 is 0.738. The minimum Gasteiger partial charge on any atom is -0.411 e. The summed E-state index contributed by atoms with van der Waals surface area (Å²) in [4.78, 5) is 11.1. The molecule has 0 fully saturated rings. The fourth-order valence-corrected chi connectivity index (χ4v) is 1.95. The molecule has 0 aliphatic carbocycles. The molecule has 1 aromatic carbocycles. The normalized spacial score (nSPS) is 10.6. The number of halogens is 3. The zero-order valence-corrected chi connectivity index (χ0v) is 10.8. The Hall–Kier alpha value is -0.530. The van der Waals surface area contributed by atoms with Crippen LogP contribution in [-0.2, 0) is 4.79 Å². The molecular weight excluding hydrogens is 354 g/mol. The third-order valence-electron chi connectivity index (χ3n) is 1.44. The fourth-order valence-electron chi connectivity index (χ4n) is 0.836. The fraction of sp³-hybridized carbons (Fsp3) is 0. The van der Waals surface area contributed by atoms with Crippen LogP contribution in [0.25, 0.3) is 0 Å². The number of carbonyl (C=O) groups excluding carboxylic acids is 1. The first-order valence-electron chi connectivity index (χ1n) is 3.67. The quantitative estimate of drug-likeness (QED) is 0.281. The number of amides is 1. The SMILES string of the molecule is O=C(/C=N/O)Nc1cc(Cl)c(Cl)cc1I. The van der Waals surface area contributed by atoms with Crippen molar-refractivity contribution in [3.8, 4) is 0 Å². The van der Waals surface area contributed by atoms with Crippen LogP contribution in [-0.4, -0.2) is 17.3 Å². The molecule has 0 saturated carbocycles. The van der Waals surface area contributed by atoms with Gasteiger partial charge in [0.05, 0.1) is 15.7 Å². The number of rotatable bonds is 2. The van der Waals surface area contributed by atoms with Crippen LogP contribution in [0.15, 0.2) is 17.3 Å². The van der Waals surface area contributed by atoms with Gasteiger partial charge in [-0.3, -0.25) is 4.79 Å². The lowest BCUT2D eigenvalue weighted by Gasteiger charge is -2.06. The van der Waals surface area contributed by atoms with Gasteiger partial charge < -0.3 is 10.5 Å².